The molecule has 0 radical (unpaired) electrons. The van der Waals surface area contributed by atoms with Crippen LogP contribution < -0.4 is 4.74 Å². The lowest BCUT2D eigenvalue weighted by molar-refractivity contribution is 0.130. The Morgan fingerprint density at radius 3 is 2.64 bits per heavy atom. The van der Waals surface area contributed by atoms with E-state index >= 15 is 0 Å². The molecule has 1 aliphatic rings. The van der Waals surface area contributed by atoms with Gasteiger partial charge >= 0.3 is 0 Å². The van der Waals surface area contributed by atoms with Crippen LogP contribution in [0, 0.1) is 5.92 Å². The Kier molecular flexibility index (Phi) is 3.02. The van der Waals surface area contributed by atoms with Crippen molar-refractivity contribution in [3.05, 3.63) is 24.4 Å². The van der Waals surface area contributed by atoms with Gasteiger partial charge in [-0.2, -0.15) is 0 Å². The van der Waals surface area contributed by atoms with Gasteiger partial charge in [0.2, 0.25) is 5.88 Å². The van der Waals surface area contributed by atoms with Crippen molar-refractivity contribution in [2.75, 3.05) is 0 Å². The van der Waals surface area contributed by atoms with Crippen molar-refractivity contribution < 1.29 is 4.74 Å². The lowest BCUT2D eigenvalue weighted by atomic mass is 9.89. The van der Waals surface area contributed by atoms with E-state index in [4.69, 9.17) is 4.74 Å². The molecule has 1 aliphatic carbocycles. The molecular formula is C12H17NO. The predicted octanol–water partition coefficient (Wildman–Crippen LogP) is 3.04. The van der Waals surface area contributed by atoms with E-state index in [1.807, 2.05) is 18.2 Å². The minimum atomic E-state index is 0.390. The van der Waals surface area contributed by atoms with E-state index in [2.05, 4.69) is 11.9 Å². The fourth-order valence-electron chi connectivity index (χ4n) is 1.93. The molecule has 0 aliphatic heterocycles. The summed E-state index contributed by atoms with van der Waals surface area (Å²) in [5, 5.41) is 0. The third-order valence-corrected chi connectivity index (χ3v) is 2.89. The molecule has 0 bridgehead atoms. The summed E-state index contributed by atoms with van der Waals surface area (Å²) in [6, 6.07) is 5.81. The van der Waals surface area contributed by atoms with Gasteiger partial charge in [-0.25, -0.2) is 4.98 Å². The lowest BCUT2D eigenvalue weighted by Crippen LogP contribution is -2.23. The predicted molar refractivity (Wildman–Crippen MR) is 56.3 cm³/mol. The van der Waals surface area contributed by atoms with Gasteiger partial charge in [0.25, 0.3) is 0 Å². The van der Waals surface area contributed by atoms with E-state index < -0.39 is 0 Å². The molecule has 1 aromatic heterocycles. The Bertz CT molecular complexity index is 265. The number of aromatic nitrogens is 1. The molecule has 0 aromatic carbocycles. The van der Waals surface area contributed by atoms with Crippen LogP contribution in [0.3, 0.4) is 0 Å². The first-order valence-electron chi connectivity index (χ1n) is 5.42. The third-order valence-electron chi connectivity index (χ3n) is 2.89. The van der Waals surface area contributed by atoms with Crippen molar-refractivity contribution in [2.24, 2.45) is 5.92 Å². The summed E-state index contributed by atoms with van der Waals surface area (Å²) in [4.78, 5) is 4.17. The molecule has 0 saturated heterocycles. The fraction of sp³-hybridized carbons (Fsp3) is 0.583. The highest BCUT2D eigenvalue weighted by molar-refractivity contribution is 5.09. The van der Waals surface area contributed by atoms with E-state index in [-0.39, 0.29) is 0 Å². The smallest absolute Gasteiger partial charge is 0.213 e. The molecule has 0 N–H and O–H groups in total. The van der Waals surface area contributed by atoms with Gasteiger partial charge in [-0.3, -0.25) is 0 Å². The van der Waals surface area contributed by atoms with Crippen LogP contribution >= 0.6 is 0 Å². The third kappa shape index (κ3) is 2.47. The molecule has 2 heteroatoms. The SMILES string of the molecule is C[C@H]1CC[C@@H](Oc2ccccn2)CC1. The maximum Gasteiger partial charge on any atom is 0.213 e. The van der Waals surface area contributed by atoms with E-state index in [9.17, 15) is 0 Å². The van der Waals surface area contributed by atoms with Crippen LogP contribution in [0.2, 0.25) is 0 Å². The van der Waals surface area contributed by atoms with Gasteiger partial charge in [-0.1, -0.05) is 13.0 Å². The summed E-state index contributed by atoms with van der Waals surface area (Å²) in [5.74, 6) is 1.64. The molecule has 0 spiro atoms. The molecule has 2 rings (SSSR count). The van der Waals surface area contributed by atoms with Gasteiger partial charge in [0, 0.05) is 12.3 Å². The lowest BCUT2D eigenvalue weighted by Gasteiger charge is -2.26. The highest BCUT2D eigenvalue weighted by Gasteiger charge is 2.19. The first-order chi connectivity index (χ1) is 6.84. The number of pyridine rings is 1. The van der Waals surface area contributed by atoms with Gasteiger partial charge in [-0.05, 0) is 37.7 Å². The van der Waals surface area contributed by atoms with E-state index in [0.717, 1.165) is 11.8 Å². The fourth-order valence-corrected chi connectivity index (χ4v) is 1.93. The summed E-state index contributed by atoms with van der Waals surface area (Å²) in [5.41, 5.74) is 0. The maximum absolute atomic E-state index is 5.79. The molecule has 1 aromatic rings. The average Bonchev–Trinajstić information content (AvgIpc) is 2.23. The minimum absolute atomic E-state index is 0.390. The zero-order valence-corrected chi connectivity index (χ0v) is 8.65. The zero-order valence-electron chi connectivity index (χ0n) is 8.65. The second-order valence-corrected chi connectivity index (χ2v) is 4.17. The quantitative estimate of drug-likeness (QED) is 0.716. The van der Waals surface area contributed by atoms with Crippen molar-refractivity contribution in [1.82, 2.24) is 4.98 Å². The number of nitrogens with zero attached hydrogens (tertiary/aromatic N) is 1. The summed E-state index contributed by atoms with van der Waals surface area (Å²) < 4.78 is 5.79. The first-order valence-corrected chi connectivity index (χ1v) is 5.42. The van der Waals surface area contributed by atoms with Crippen LogP contribution in [0.5, 0.6) is 5.88 Å². The van der Waals surface area contributed by atoms with Crippen LogP contribution in [0.1, 0.15) is 32.6 Å². The molecule has 0 unspecified atom stereocenters. The molecular weight excluding hydrogens is 174 g/mol. The second kappa shape index (κ2) is 4.45. The van der Waals surface area contributed by atoms with Crippen LogP contribution in [-0.2, 0) is 0 Å². The summed E-state index contributed by atoms with van der Waals surface area (Å²) in [6.07, 6.45) is 7.10. The Morgan fingerprint density at radius 2 is 2.00 bits per heavy atom. The monoisotopic (exact) mass is 191 g/mol. The summed E-state index contributed by atoms with van der Waals surface area (Å²) in [6.45, 7) is 2.32. The van der Waals surface area contributed by atoms with Crippen LogP contribution in [0.15, 0.2) is 24.4 Å². The van der Waals surface area contributed by atoms with Crippen molar-refractivity contribution in [3.63, 3.8) is 0 Å². The largest absolute Gasteiger partial charge is 0.474 e. The van der Waals surface area contributed by atoms with Crippen molar-refractivity contribution in [1.29, 1.82) is 0 Å². The number of hydrogen-bond acceptors (Lipinski definition) is 2. The molecule has 2 nitrogen and oxygen atoms in total. The Morgan fingerprint density at radius 1 is 1.21 bits per heavy atom. The maximum atomic E-state index is 5.79. The molecule has 0 atom stereocenters. The second-order valence-electron chi connectivity index (χ2n) is 4.17. The highest BCUT2D eigenvalue weighted by Crippen LogP contribution is 2.26. The topological polar surface area (TPSA) is 22.1 Å². The van der Waals surface area contributed by atoms with Gasteiger partial charge in [0.05, 0.1) is 0 Å². The molecule has 76 valence electrons. The standard InChI is InChI=1S/C12H17NO/c1-10-5-7-11(8-6-10)14-12-4-2-3-9-13-12/h2-4,9-11H,5-8H2,1H3/t10-,11+. The van der Waals surface area contributed by atoms with E-state index in [1.165, 1.54) is 25.7 Å². The number of rotatable bonds is 2. The minimum Gasteiger partial charge on any atom is -0.474 e. The van der Waals surface area contributed by atoms with Crippen molar-refractivity contribution >= 4 is 0 Å². The van der Waals surface area contributed by atoms with Crippen LogP contribution in [-0.4, -0.2) is 11.1 Å². The normalized spacial score (nSPS) is 27.2. The number of hydrogen-bond donors (Lipinski definition) is 0. The molecule has 1 heterocycles. The van der Waals surface area contributed by atoms with Crippen LogP contribution in [0.4, 0.5) is 0 Å². The van der Waals surface area contributed by atoms with Crippen LogP contribution in [0.25, 0.3) is 0 Å². The summed E-state index contributed by atoms with van der Waals surface area (Å²) >= 11 is 0. The molecule has 14 heavy (non-hydrogen) atoms. The van der Waals surface area contributed by atoms with Gasteiger partial charge < -0.3 is 4.74 Å². The zero-order chi connectivity index (χ0) is 9.80. The Hall–Kier alpha value is -1.05. The Balaban J connectivity index is 1.87. The van der Waals surface area contributed by atoms with Gasteiger partial charge in [0.1, 0.15) is 6.10 Å². The van der Waals surface area contributed by atoms with Gasteiger partial charge in [0.15, 0.2) is 0 Å². The summed E-state index contributed by atoms with van der Waals surface area (Å²) in [7, 11) is 0. The highest BCUT2D eigenvalue weighted by atomic mass is 16.5. The Labute approximate surface area is 85.3 Å². The molecule has 0 amide bonds. The number of ether oxygens (including phenoxy) is 1. The first kappa shape index (κ1) is 9.50. The molecule has 1 saturated carbocycles. The van der Waals surface area contributed by atoms with Crippen molar-refractivity contribution in [2.45, 2.75) is 38.7 Å². The molecule has 1 fully saturated rings. The van der Waals surface area contributed by atoms with Crippen molar-refractivity contribution in [3.8, 4) is 5.88 Å². The average molecular weight is 191 g/mol. The van der Waals surface area contributed by atoms with E-state index in [1.54, 1.807) is 6.20 Å². The van der Waals surface area contributed by atoms with Gasteiger partial charge in [-0.15, -0.1) is 0 Å². The van der Waals surface area contributed by atoms with E-state index in [0.29, 0.717) is 6.10 Å².